The van der Waals surface area contributed by atoms with Gasteiger partial charge in [0.25, 0.3) is 0 Å². The Balaban J connectivity index is 3.02. The molecule has 0 aliphatic heterocycles. The van der Waals surface area contributed by atoms with Crippen LogP contribution in [0.2, 0.25) is 0 Å². The molecule has 1 heterocycles. The van der Waals surface area contributed by atoms with Gasteiger partial charge in [-0.1, -0.05) is 0 Å². The van der Waals surface area contributed by atoms with Gasteiger partial charge >= 0.3 is 5.97 Å². The first-order valence-electron chi connectivity index (χ1n) is 3.84. The number of hydrogen-bond donors (Lipinski definition) is 3. The minimum atomic E-state index is -1.13. The van der Waals surface area contributed by atoms with Crippen LogP contribution in [0.1, 0.15) is 11.6 Å². The Labute approximate surface area is 80.5 Å². The van der Waals surface area contributed by atoms with E-state index >= 15 is 0 Å². The fourth-order valence-electron chi connectivity index (χ4n) is 0.969. The molecule has 76 valence electrons. The van der Waals surface area contributed by atoms with Crippen molar-refractivity contribution in [3.8, 4) is 5.88 Å². The molecule has 14 heavy (non-hydrogen) atoms. The third-order valence-electron chi connectivity index (χ3n) is 1.72. The smallest absolute Gasteiger partial charge is 0.325 e. The van der Waals surface area contributed by atoms with Crippen LogP contribution < -0.4 is 16.2 Å². The first-order chi connectivity index (χ1) is 6.56. The number of carboxylic acid groups (broad SMARTS) is 1. The number of rotatable bonds is 3. The molecule has 0 aliphatic carbocycles. The Morgan fingerprint density at radius 1 is 1.71 bits per heavy atom. The Bertz CT molecular complexity index is 354. The number of aromatic nitrogens is 1. The molecule has 0 radical (unpaired) electrons. The molecule has 0 amide bonds. The quantitative estimate of drug-likeness (QED) is 0.616. The minimum Gasteiger partial charge on any atom is -0.480 e. The second kappa shape index (κ2) is 3.93. The first kappa shape index (κ1) is 10.3. The number of pyridine rings is 1. The van der Waals surface area contributed by atoms with Crippen LogP contribution in [0.15, 0.2) is 12.3 Å². The first-order valence-corrected chi connectivity index (χ1v) is 3.84. The number of nitrogen functional groups attached to an aromatic ring is 1. The minimum absolute atomic E-state index is 0.256. The summed E-state index contributed by atoms with van der Waals surface area (Å²) in [6.45, 7) is 0. The van der Waals surface area contributed by atoms with Crippen molar-refractivity contribution in [3.63, 3.8) is 0 Å². The molecule has 0 saturated carbocycles. The zero-order valence-corrected chi connectivity index (χ0v) is 7.60. The van der Waals surface area contributed by atoms with Crippen LogP contribution in [-0.2, 0) is 4.79 Å². The molecule has 1 aromatic rings. The monoisotopic (exact) mass is 197 g/mol. The summed E-state index contributed by atoms with van der Waals surface area (Å²) in [4.78, 5) is 14.4. The predicted octanol–water partition coefficient (Wildman–Crippen LogP) is -0.243. The Kier molecular flexibility index (Phi) is 2.88. The van der Waals surface area contributed by atoms with E-state index in [0.29, 0.717) is 5.56 Å². The van der Waals surface area contributed by atoms with E-state index < -0.39 is 12.0 Å². The third-order valence-corrected chi connectivity index (χ3v) is 1.72. The summed E-state index contributed by atoms with van der Waals surface area (Å²) < 4.78 is 4.82. The van der Waals surface area contributed by atoms with E-state index in [-0.39, 0.29) is 11.6 Å². The lowest BCUT2D eigenvalue weighted by molar-refractivity contribution is -0.138. The summed E-state index contributed by atoms with van der Waals surface area (Å²) in [6, 6.07) is 0.320. The molecule has 6 heteroatoms. The van der Waals surface area contributed by atoms with Gasteiger partial charge in [0.1, 0.15) is 6.04 Å². The van der Waals surface area contributed by atoms with Gasteiger partial charge in [-0.15, -0.1) is 0 Å². The van der Waals surface area contributed by atoms with Gasteiger partial charge in [-0.3, -0.25) is 4.79 Å². The van der Waals surface area contributed by atoms with E-state index in [0.717, 1.165) is 0 Å². The average molecular weight is 197 g/mol. The molecule has 0 aliphatic rings. The lowest BCUT2D eigenvalue weighted by Crippen LogP contribution is -2.21. The number of carboxylic acids is 1. The Hall–Kier alpha value is -1.82. The fraction of sp³-hybridized carbons (Fsp3) is 0.250. The van der Waals surface area contributed by atoms with Crippen LogP contribution >= 0.6 is 0 Å². The van der Waals surface area contributed by atoms with Gasteiger partial charge in [0, 0.05) is 11.8 Å². The van der Waals surface area contributed by atoms with Gasteiger partial charge in [0.2, 0.25) is 5.88 Å². The van der Waals surface area contributed by atoms with Crippen LogP contribution in [0.3, 0.4) is 0 Å². The molecular formula is C8H11N3O3. The lowest BCUT2D eigenvalue weighted by atomic mass is 10.1. The maximum atomic E-state index is 10.5. The highest BCUT2D eigenvalue weighted by molar-refractivity contribution is 5.75. The molecular weight excluding hydrogens is 186 g/mol. The van der Waals surface area contributed by atoms with Crippen LogP contribution in [0.25, 0.3) is 0 Å². The summed E-state index contributed by atoms with van der Waals surface area (Å²) in [5.41, 5.74) is 11.5. The molecule has 0 fully saturated rings. The van der Waals surface area contributed by atoms with Gasteiger partial charge in [-0.25, -0.2) is 4.98 Å². The van der Waals surface area contributed by atoms with Gasteiger partial charge in [0.15, 0.2) is 0 Å². The summed E-state index contributed by atoms with van der Waals surface area (Å²) in [6.07, 6.45) is 1.33. The van der Waals surface area contributed by atoms with E-state index in [1.165, 1.54) is 19.4 Å². The number of methoxy groups -OCH3 is 1. The molecule has 1 aromatic heterocycles. The van der Waals surface area contributed by atoms with E-state index in [1.54, 1.807) is 0 Å². The third kappa shape index (κ3) is 1.91. The second-order valence-electron chi connectivity index (χ2n) is 2.68. The van der Waals surface area contributed by atoms with E-state index in [9.17, 15) is 4.79 Å². The summed E-state index contributed by atoms with van der Waals surface area (Å²) in [5, 5.41) is 8.63. The highest BCUT2D eigenvalue weighted by Crippen LogP contribution is 2.21. The lowest BCUT2D eigenvalue weighted by Gasteiger charge is -2.08. The van der Waals surface area contributed by atoms with Crippen molar-refractivity contribution in [2.45, 2.75) is 6.04 Å². The van der Waals surface area contributed by atoms with E-state index in [4.69, 9.17) is 21.3 Å². The van der Waals surface area contributed by atoms with Gasteiger partial charge in [0.05, 0.1) is 12.8 Å². The van der Waals surface area contributed by atoms with Crippen LogP contribution in [0, 0.1) is 0 Å². The molecule has 5 N–H and O–H groups in total. The molecule has 0 bridgehead atoms. The summed E-state index contributed by atoms with van der Waals surface area (Å²) in [5.74, 6) is -0.872. The largest absolute Gasteiger partial charge is 0.480 e. The Morgan fingerprint density at radius 3 is 2.79 bits per heavy atom. The van der Waals surface area contributed by atoms with Crippen molar-refractivity contribution in [1.29, 1.82) is 0 Å². The van der Waals surface area contributed by atoms with E-state index in [2.05, 4.69) is 4.98 Å². The molecule has 1 rings (SSSR count). The molecule has 0 unspecified atom stereocenters. The number of ether oxygens (including phenoxy) is 1. The summed E-state index contributed by atoms with van der Waals surface area (Å²) >= 11 is 0. The zero-order chi connectivity index (χ0) is 10.7. The number of nitrogens with two attached hydrogens (primary N) is 2. The van der Waals surface area contributed by atoms with Crippen molar-refractivity contribution in [2.24, 2.45) is 5.73 Å². The second-order valence-corrected chi connectivity index (χ2v) is 2.68. The van der Waals surface area contributed by atoms with Crippen molar-refractivity contribution >= 4 is 11.7 Å². The number of anilines is 1. The average Bonchev–Trinajstić information content (AvgIpc) is 2.16. The number of hydrogen-bond acceptors (Lipinski definition) is 5. The van der Waals surface area contributed by atoms with Crippen molar-refractivity contribution in [3.05, 3.63) is 17.8 Å². The molecule has 0 aromatic carbocycles. The van der Waals surface area contributed by atoms with Gasteiger partial charge in [-0.2, -0.15) is 0 Å². The molecule has 0 saturated heterocycles. The maximum Gasteiger partial charge on any atom is 0.325 e. The fourth-order valence-corrected chi connectivity index (χ4v) is 0.969. The van der Waals surface area contributed by atoms with Crippen LogP contribution in [0.5, 0.6) is 5.88 Å². The standard InChI is InChI=1S/C8H11N3O3/c1-14-7-5(9)2-4(3-11-7)6(10)8(12)13/h2-3,6H,9-10H2,1H3,(H,12,13)/t6-/m0/s1. The van der Waals surface area contributed by atoms with Crippen molar-refractivity contribution < 1.29 is 14.6 Å². The van der Waals surface area contributed by atoms with Crippen LogP contribution in [-0.4, -0.2) is 23.2 Å². The van der Waals surface area contributed by atoms with Crippen LogP contribution in [0.4, 0.5) is 5.69 Å². The highest BCUT2D eigenvalue weighted by Gasteiger charge is 2.15. The van der Waals surface area contributed by atoms with Gasteiger partial charge in [-0.05, 0) is 6.07 Å². The Morgan fingerprint density at radius 2 is 2.36 bits per heavy atom. The number of carbonyl (C=O) groups is 1. The van der Waals surface area contributed by atoms with E-state index in [1.807, 2.05) is 0 Å². The maximum absolute atomic E-state index is 10.5. The topological polar surface area (TPSA) is 111 Å². The number of aliphatic carboxylic acids is 1. The molecule has 0 spiro atoms. The predicted molar refractivity (Wildman–Crippen MR) is 49.8 cm³/mol. The zero-order valence-electron chi connectivity index (χ0n) is 7.60. The highest BCUT2D eigenvalue weighted by atomic mass is 16.5. The molecule has 6 nitrogen and oxygen atoms in total. The van der Waals surface area contributed by atoms with Gasteiger partial charge < -0.3 is 21.3 Å². The normalized spacial score (nSPS) is 12.1. The van der Waals surface area contributed by atoms with Crippen molar-refractivity contribution in [1.82, 2.24) is 4.98 Å². The summed E-state index contributed by atoms with van der Waals surface area (Å²) in [7, 11) is 1.43. The molecule has 1 atom stereocenters. The van der Waals surface area contributed by atoms with Crippen molar-refractivity contribution in [2.75, 3.05) is 12.8 Å². The number of nitrogens with zero attached hydrogens (tertiary/aromatic N) is 1. The SMILES string of the molecule is COc1ncc([C@H](N)C(=O)O)cc1N.